The van der Waals surface area contributed by atoms with Crippen LogP contribution in [0.5, 0.6) is 0 Å². The van der Waals surface area contributed by atoms with E-state index >= 15 is 0 Å². The second kappa shape index (κ2) is 9.83. The number of aliphatic hydroxyl groups is 2. The van der Waals surface area contributed by atoms with Crippen LogP contribution in [0.2, 0.25) is 0 Å². The molecule has 7 atom stereocenters. The number of carbonyl (C=O) groups excluding carboxylic acids is 5. The van der Waals surface area contributed by atoms with Gasteiger partial charge in [0, 0.05) is 26.2 Å². The summed E-state index contributed by atoms with van der Waals surface area (Å²) in [6.45, 7) is 10.4. The first-order valence-corrected chi connectivity index (χ1v) is 12.5. The van der Waals surface area contributed by atoms with Gasteiger partial charge in [-0.2, -0.15) is 0 Å². The minimum Gasteiger partial charge on any atom is -0.459 e. The Morgan fingerprint density at radius 3 is 2.27 bits per heavy atom. The van der Waals surface area contributed by atoms with Crippen molar-refractivity contribution < 1.29 is 53.1 Å². The predicted molar refractivity (Wildman–Crippen MR) is 126 cm³/mol. The van der Waals surface area contributed by atoms with Gasteiger partial charge < -0.3 is 29.2 Å². The molecule has 3 aliphatic rings. The third-order valence-corrected chi connectivity index (χ3v) is 7.46. The van der Waals surface area contributed by atoms with Crippen LogP contribution in [0.25, 0.3) is 0 Å². The van der Waals surface area contributed by atoms with E-state index in [1.165, 1.54) is 13.8 Å². The number of rotatable bonds is 7. The summed E-state index contributed by atoms with van der Waals surface area (Å²) in [7, 11) is 0. The summed E-state index contributed by atoms with van der Waals surface area (Å²) >= 11 is 0. The molecule has 0 radical (unpaired) electrons. The fraction of sp³-hybridized carbons (Fsp3) is 0.731. The molecular formula is C26H36O11. The summed E-state index contributed by atoms with van der Waals surface area (Å²) in [6, 6.07) is 0. The molecule has 1 saturated carbocycles. The number of Topliss-reactive ketones (excluding diaryl/α,β-unsaturated/α-hetero) is 1. The maximum atomic E-state index is 13.4. The standard InChI is InChI=1S/C26H36O11/c1-8-9-16(28)34-15-11-24(6,37-14(5)27)19-18(22-26(15,33)25(7,32)23(31)36-22)13(4)20(30)21(19)35-17(29)10-12(2)3/h12,15,19,21-22,32-33H,8-11H2,1-7H3. The van der Waals surface area contributed by atoms with Crippen LogP contribution in [0.3, 0.4) is 0 Å². The smallest absolute Gasteiger partial charge is 0.341 e. The minimum absolute atomic E-state index is 0.0163. The van der Waals surface area contributed by atoms with E-state index in [9.17, 15) is 34.2 Å². The molecular weight excluding hydrogens is 488 g/mol. The Kier molecular flexibility index (Phi) is 7.64. The molecule has 11 heteroatoms. The van der Waals surface area contributed by atoms with Crippen LogP contribution in [-0.4, -0.2) is 75.0 Å². The van der Waals surface area contributed by atoms with Crippen LogP contribution in [0.15, 0.2) is 11.1 Å². The van der Waals surface area contributed by atoms with Crippen LogP contribution in [-0.2, 0) is 42.9 Å². The van der Waals surface area contributed by atoms with E-state index in [0.717, 1.165) is 13.8 Å². The quantitative estimate of drug-likeness (QED) is 0.364. The Hall–Kier alpha value is -2.79. The van der Waals surface area contributed by atoms with Crippen molar-refractivity contribution in [2.45, 2.75) is 109 Å². The van der Waals surface area contributed by atoms with Crippen LogP contribution < -0.4 is 0 Å². The number of ketones is 1. The lowest BCUT2D eigenvalue weighted by atomic mass is 9.75. The van der Waals surface area contributed by atoms with Crippen LogP contribution in [0, 0.1) is 11.8 Å². The molecule has 1 heterocycles. The van der Waals surface area contributed by atoms with Gasteiger partial charge in [-0.05, 0) is 44.3 Å². The van der Waals surface area contributed by atoms with Crippen molar-refractivity contribution >= 4 is 29.7 Å². The number of fused-ring (bicyclic) bond motifs is 3. The molecule has 11 nitrogen and oxygen atoms in total. The molecule has 0 aromatic carbocycles. The second-order valence-electron chi connectivity index (χ2n) is 11.0. The maximum absolute atomic E-state index is 13.4. The predicted octanol–water partition coefficient (Wildman–Crippen LogP) is 1.30. The molecule has 0 amide bonds. The first kappa shape index (κ1) is 28.8. The van der Waals surface area contributed by atoms with E-state index < -0.39 is 77.1 Å². The molecule has 2 N–H and O–H groups in total. The molecule has 2 aliphatic carbocycles. The zero-order valence-electron chi connectivity index (χ0n) is 22.3. The molecule has 1 aliphatic heterocycles. The Morgan fingerprint density at radius 2 is 1.73 bits per heavy atom. The van der Waals surface area contributed by atoms with Gasteiger partial charge in [-0.3, -0.25) is 19.2 Å². The number of esters is 4. The number of carbonyl (C=O) groups is 5. The Bertz CT molecular complexity index is 1040. The zero-order chi connectivity index (χ0) is 28.1. The van der Waals surface area contributed by atoms with Gasteiger partial charge in [0.2, 0.25) is 0 Å². The fourth-order valence-electron chi connectivity index (χ4n) is 5.71. The third-order valence-electron chi connectivity index (χ3n) is 7.46. The normalized spacial score (nSPS) is 37.0. The van der Waals surface area contributed by atoms with Crippen LogP contribution in [0.4, 0.5) is 0 Å². The van der Waals surface area contributed by atoms with Crippen molar-refractivity contribution in [2.24, 2.45) is 11.8 Å². The van der Waals surface area contributed by atoms with E-state index in [4.69, 9.17) is 18.9 Å². The second-order valence-corrected chi connectivity index (χ2v) is 11.0. The highest BCUT2D eigenvalue weighted by molar-refractivity contribution is 6.04. The van der Waals surface area contributed by atoms with Gasteiger partial charge in [-0.25, -0.2) is 4.79 Å². The van der Waals surface area contributed by atoms with Crippen molar-refractivity contribution in [3.63, 3.8) is 0 Å². The summed E-state index contributed by atoms with van der Waals surface area (Å²) in [4.78, 5) is 63.7. The highest BCUT2D eigenvalue weighted by Gasteiger charge is 2.75. The Balaban J connectivity index is 2.24. The van der Waals surface area contributed by atoms with Gasteiger partial charge >= 0.3 is 23.9 Å². The zero-order valence-corrected chi connectivity index (χ0v) is 22.3. The molecule has 37 heavy (non-hydrogen) atoms. The molecule has 0 bridgehead atoms. The molecule has 1 saturated heterocycles. The number of ether oxygens (including phenoxy) is 4. The highest BCUT2D eigenvalue weighted by Crippen LogP contribution is 2.56. The van der Waals surface area contributed by atoms with Gasteiger partial charge in [0.1, 0.15) is 11.7 Å². The average Bonchev–Trinajstić information content (AvgIpc) is 3.06. The van der Waals surface area contributed by atoms with Gasteiger partial charge in [0.05, 0.1) is 5.92 Å². The van der Waals surface area contributed by atoms with E-state index in [0.29, 0.717) is 6.42 Å². The number of hydrogen-bond donors (Lipinski definition) is 2. The lowest BCUT2D eigenvalue weighted by molar-refractivity contribution is -0.211. The van der Waals surface area contributed by atoms with Crippen molar-refractivity contribution in [1.82, 2.24) is 0 Å². The largest absolute Gasteiger partial charge is 0.459 e. The molecule has 7 unspecified atom stereocenters. The minimum atomic E-state index is -2.55. The monoisotopic (exact) mass is 524 g/mol. The molecule has 206 valence electrons. The third kappa shape index (κ3) is 4.67. The van der Waals surface area contributed by atoms with Gasteiger partial charge in [-0.1, -0.05) is 20.8 Å². The Labute approximate surface area is 215 Å². The summed E-state index contributed by atoms with van der Waals surface area (Å²) in [5.41, 5.74) is -6.70. The van der Waals surface area contributed by atoms with Crippen molar-refractivity contribution in [1.29, 1.82) is 0 Å². The molecule has 0 spiro atoms. The first-order chi connectivity index (χ1) is 17.0. The van der Waals surface area contributed by atoms with Crippen LogP contribution in [0.1, 0.15) is 74.1 Å². The SMILES string of the molecule is CCCC(=O)OC1CC(C)(OC(C)=O)C2C(=C(C)C(=O)C2OC(=O)CC(C)C)C2OC(=O)C(C)(O)C12O. The van der Waals surface area contributed by atoms with Crippen molar-refractivity contribution in [3.05, 3.63) is 11.1 Å². The van der Waals surface area contributed by atoms with Crippen molar-refractivity contribution in [2.75, 3.05) is 0 Å². The van der Waals surface area contributed by atoms with E-state index in [-0.39, 0.29) is 29.9 Å². The summed E-state index contributed by atoms with van der Waals surface area (Å²) in [5.74, 6) is -5.16. The van der Waals surface area contributed by atoms with Gasteiger partial charge in [0.15, 0.2) is 29.2 Å². The summed E-state index contributed by atoms with van der Waals surface area (Å²) < 4.78 is 22.4. The number of hydrogen-bond acceptors (Lipinski definition) is 11. The van der Waals surface area contributed by atoms with E-state index in [2.05, 4.69) is 0 Å². The summed E-state index contributed by atoms with van der Waals surface area (Å²) in [6.07, 6.45) is -4.68. The first-order valence-electron chi connectivity index (χ1n) is 12.5. The maximum Gasteiger partial charge on any atom is 0.341 e. The summed E-state index contributed by atoms with van der Waals surface area (Å²) in [5, 5.41) is 23.2. The van der Waals surface area contributed by atoms with Crippen molar-refractivity contribution in [3.8, 4) is 0 Å². The lowest BCUT2D eigenvalue weighted by Crippen LogP contribution is -2.64. The highest BCUT2D eigenvalue weighted by atomic mass is 16.6. The van der Waals surface area contributed by atoms with Gasteiger partial charge in [-0.15, -0.1) is 0 Å². The average molecular weight is 525 g/mol. The molecule has 0 aromatic rings. The molecule has 0 aromatic heterocycles. The van der Waals surface area contributed by atoms with E-state index in [1.54, 1.807) is 20.8 Å². The molecule has 2 fully saturated rings. The fourth-order valence-corrected chi connectivity index (χ4v) is 5.71. The topological polar surface area (TPSA) is 163 Å². The Morgan fingerprint density at radius 1 is 1.11 bits per heavy atom. The lowest BCUT2D eigenvalue weighted by Gasteiger charge is -2.41. The molecule has 3 rings (SSSR count). The van der Waals surface area contributed by atoms with Gasteiger partial charge in [0.25, 0.3) is 0 Å². The van der Waals surface area contributed by atoms with Crippen LogP contribution >= 0.6 is 0 Å². The van der Waals surface area contributed by atoms with E-state index in [1.807, 2.05) is 0 Å².